The third-order valence-electron chi connectivity index (χ3n) is 5.29. The molecule has 2 aliphatic heterocycles. The lowest BCUT2D eigenvalue weighted by Gasteiger charge is -2.37. The van der Waals surface area contributed by atoms with Crippen LogP contribution in [0.25, 0.3) is 11.5 Å². The Hall–Kier alpha value is -2.32. The molecule has 3 N–H and O–H groups in total. The predicted octanol–water partition coefficient (Wildman–Crippen LogP) is 1.58. The summed E-state index contributed by atoms with van der Waals surface area (Å²) in [6.45, 7) is 2.85. The number of hydrogen-bond acceptors (Lipinski definition) is 5. The molecule has 0 bridgehead atoms. The summed E-state index contributed by atoms with van der Waals surface area (Å²) in [6.07, 6.45) is 3.33. The van der Waals surface area contributed by atoms with E-state index >= 15 is 0 Å². The molecule has 1 aromatic carbocycles. The van der Waals surface area contributed by atoms with Crippen molar-refractivity contribution >= 4 is 5.91 Å². The molecular formula is C18H20F2N4O2. The van der Waals surface area contributed by atoms with Gasteiger partial charge in [0.2, 0.25) is 11.8 Å². The smallest absolute Gasteiger partial charge is 0.237 e. The minimum atomic E-state index is -0.948. The number of carbonyl (C=O) groups is 1. The van der Waals surface area contributed by atoms with E-state index in [0.29, 0.717) is 24.3 Å². The third-order valence-corrected chi connectivity index (χ3v) is 5.29. The van der Waals surface area contributed by atoms with E-state index in [4.69, 9.17) is 4.42 Å². The molecule has 1 unspecified atom stereocenters. The first-order valence-corrected chi connectivity index (χ1v) is 8.69. The van der Waals surface area contributed by atoms with Crippen molar-refractivity contribution in [3.63, 3.8) is 0 Å². The fourth-order valence-corrected chi connectivity index (χ4v) is 3.80. The topological polar surface area (TPSA) is 79.2 Å². The second-order valence-electron chi connectivity index (χ2n) is 6.92. The van der Waals surface area contributed by atoms with Gasteiger partial charge in [0, 0.05) is 24.1 Å². The summed E-state index contributed by atoms with van der Waals surface area (Å²) in [5.41, 5.74) is 0.895. The first-order valence-electron chi connectivity index (χ1n) is 8.69. The highest BCUT2D eigenvalue weighted by Gasteiger charge is 2.48. The molecule has 0 radical (unpaired) electrons. The molecule has 0 saturated carbocycles. The first kappa shape index (κ1) is 17.1. The lowest BCUT2D eigenvalue weighted by atomic mass is 9.75. The van der Waals surface area contributed by atoms with Crippen LogP contribution in [0.2, 0.25) is 0 Å². The normalized spacial score (nSPS) is 21.9. The van der Waals surface area contributed by atoms with Gasteiger partial charge in [0.05, 0.1) is 11.7 Å². The second-order valence-corrected chi connectivity index (χ2v) is 6.92. The zero-order valence-electron chi connectivity index (χ0n) is 14.1. The van der Waals surface area contributed by atoms with Gasteiger partial charge in [-0.25, -0.2) is 13.8 Å². The molecule has 2 aromatic rings. The van der Waals surface area contributed by atoms with Gasteiger partial charge in [0.15, 0.2) is 11.6 Å². The van der Waals surface area contributed by atoms with E-state index in [2.05, 4.69) is 20.9 Å². The molecular weight excluding hydrogens is 342 g/mol. The maximum absolute atomic E-state index is 13.4. The van der Waals surface area contributed by atoms with Crippen molar-refractivity contribution in [2.24, 2.45) is 5.41 Å². The van der Waals surface area contributed by atoms with Gasteiger partial charge in [-0.2, -0.15) is 0 Å². The van der Waals surface area contributed by atoms with Crippen LogP contribution in [-0.4, -0.2) is 36.6 Å². The highest BCUT2D eigenvalue weighted by molar-refractivity contribution is 5.85. The van der Waals surface area contributed by atoms with Crippen LogP contribution in [0, 0.1) is 17.0 Å². The van der Waals surface area contributed by atoms with Crippen molar-refractivity contribution in [2.45, 2.75) is 25.4 Å². The van der Waals surface area contributed by atoms with Crippen LogP contribution in [-0.2, 0) is 11.3 Å². The van der Waals surface area contributed by atoms with Crippen LogP contribution < -0.4 is 16.0 Å². The second kappa shape index (κ2) is 6.77. The van der Waals surface area contributed by atoms with E-state index in [-0.39, 0.29) is 23.3 Å². The number of aromatic nitrogens is 1. The number of nitrogens with zero attached hydrogens (tertiary/aromatic N) is 1. The Bertz CT molecular complexity index is 817. The lowest BCUT2D eigenvalue weighted by molar-refractivity contribution is -0.122. The monoisotopic (exact) mass is 362 g/mol. The van der Waals surface area contributed by atoms with E-state index in [1.54, 1.807) is 0 Å². The summed E-state index contributed by atoms with van der Waals surface area (Å²) in [7, 11) is 0. The molecule has 138 valence electrons. The quantitative estimate of drug-likeness (QED) is 0.770. The largest absolute Gasteiger partial charge is 0.444 e. The van der Waals surface area contributed by atoms with Crippen LogP contribution in [0.15, 0.2) is 28.9 Å². The average Bonchev–Trinajstić information content (AvgIpc) is 3.22. The van der Waals surface area contributed by atoms with Crippen molar-refractivity contribution in [1.29, 1.82) is 0 Å². The fraction of sp³-hybridized carbons (Fsp3) is 0.444. The number of rotatable bonds is 4. The van der Waals surface area contributed by atoms with Crippen LogP contribution >= 0.6 is 0 Å². The molecule has 8 heteroatoms. The maximum atomic E-state index is 13.4. The first-order chi connectivity index (χ1) is 12.6. The number of oxazole rings is 1. The number of halogens is 2. The fourth-order valence-electron chi connectivity index (χ4n) is 3.80. The van der Waals surface area contributed by atoms with Crippen LogP contribution in [0.4, 0.5) is 8.78 Å². The Morgan fingerprint density at radius 3 is 2.85 bits per heavy atom. The van der Waals surface area contributed by atoms with Crippen molar-refractivity contribution in [3.05, 3.63) is 41.8 Å². The van der Waals surface area contributed by atoms with E-state index in [0.717, 1.165) is 38.1 Å². The van der Waals surface area contributed by atoms with E-state index in [1.165, 1.54) is 12.3 Å². The zero-order chi connectivity index (χ0) is 18.1. The SMILES string of the molecule is O=C1NCC2(CCNCC2)C1NCc1coc(-c2ccc(F)c(F)c2)n1. The number of amides is 1. The molecule has 2 saturated heterocycles. The third kappa shape index (κ3) is 3.10. The van der Waals surface area contributed by atoms with Gasteiger partial charge in [-0.15, -0.1) is 0 Å². The van der Waals surface area contributed by atoms with Gasteiger partial charge in [-0.3, -0.25) is 10.1 Å². The molecule has 2 aliphatic rings. The summed E-state index contributed by atoms with van der Waals surface area (Å²) >= 11 is 0. The van der Waals surface area contributed by atoms with Crippen molar-refractivity contribution < 1.29 is 18.0 Å². The molecule has 6 nitrogen and oxygen atoms in total. The van der Waals surface area contributed by atoms with Gasteiger partial charge in [0.25, 0.3) is 0 Å². The van der Waals surface area contributed by atoms with Crippen LogP contribution in [0.5, 0.6) is 0 Å². The Balaban J connectivity index is 1.45. The minimum Gasteiger partial charge on any atom is -0.444 e. The van der Waals surface area contributed by atoms with E-state index < -0.39 is 11.6 Å². The van der Waals surface area contributed by atoms with Crippen LogP contribution in [0.1, 0.15) is 18.5 Å². The maximum Gasteiger partial charge on any atom is 0.237 e. The van der Waals surface area contributed by atoms with Gasteiger partial charge in [-0.05, 0) is 44.1 Å². The summed E-state index contributed by atoms with van der Waals surface area (Å²) in [6, 6.07) is 3.23. The molecule has 1 spiro atoms. The van der Waals surface area contributed by atoms with Crippen molar-refractivity contribution in [1.82, 2.24) is 20.9 Å². The van der Waals surface area contributed by atoms with E-state index in [9.17, 15) is 13.6 Å². The Morgan fingerprint density at radius 1 is 1.27 bits per heavy atom. The minimum absolute atomic E-state index is 0.0104. The standard InChI is InChI=1S/C18H20F2N4O2/c19-13-2-1-11(7-14(13)20)17-24-12(9-26-17)8-22-15-16(25)23-10-18(15)3-5-21-6-4-18/h1-2,7,9,15,21-22H,3-6,8,10H2,(H,23,25). The summed E-state index contributed by atoms with van der Waals surface area (Å²) in [5.74, 6) is -1.64. The molecule has 2 fully saturated rings. The molecule has 4 rings (SSSR count). The number of benzene rings is 1. The molecule has 1 amide bonds. The molecule has 3 heterocycles. The number of nitrogens with one attached hydrogen (secondary N) is 3. The highest BCUT2D eigenvalue weighted by atomic mass is 19.2. The Morgan fingerprint density at radius 2 is 2.08 bits per heavy atom. The highest BCUT2D eigenvalue weighted by Crippen LogP contribution is 2.36. The van der Waals surface area contributed by atoms with Gasteiger partial charge >= 0.3 is 0 Å². The molecule has 0 aliphatic carbocycles. The van der Waals surface area contributed by atoms with Gasteiger partial charge < -0.3 is 15.1 Å². The zero-order valence-corrected chi connectivity index (χ0v) is 14.1. The predicted molar refractivity (Wildman–Crippen MR) is 90.0 cm³/mol. The number of carbonyl (C=O) groups excluding carboxylic acids is 1. The van der Waals surface area contributed by atoms with Crippen molar-refractivity contribution in [2.75, 3.05) is 19.6 Å². The van der Waals surface area contributed by atoms with Gasteiger partial charge in [-0.1, -0.05) is 0 Å². The summed E-state index contributed by atoms with van der Waals surface area (Å²) in [4.78, 5) is 16.6. The lowest BCUT2D eigenvalue weighted by Crippen LogP contribution is -2.51. The molecule has 1 aromatic heterocycles. The summed E-state index contributed by atoms with van der Waals surface area (Å²) in [5, 5.41) is 9.58. The Labute approximate surface area is 149 Å². The van der Waals surface area contributed by atoms with E-state index in [1.807, 2.05) is 0 Å². The molecule has 1 atom stereocenters. The number of hydrogen-bond donors (Lipinski definition) is 3. The number of piperidine rings is 1. The van der Waals surface area contributed by atoms with Gasteiger partial charge in [0.1, 0.15) is 6.26 Å². The summed E-state index contributed by atoms with van der Waals surface area (Å²) < 4.78 is 31.8. The average molecular weight is 362 g/mol. The Kier molecular flexibility index (Phi) is 4.46. The van der Waals surface area contributed by atoms with Crippen LogP contribution in [0.3, 0.4) is 0 Å². The molecule has 26 heavy (non-hydrogen) atoms. The van der Waals surface area contributed by atoms with Crippen molar-refractivity contribution in [3.8, 4) is 11.5 Å².